The quantitative estimate of drug-likeness (QED) is 0.566. The molecule has 1 aromatic carbocycles. The number of aliphatic hydroxyl groups is 1. The Morgan fingerprint density at radius 2 is 2.13 bits per heavy atom. The van der Waals surface area contributed by atoms with Gasteiger partial charge in [-0.15, -0.1) is 6.58 Å². The highest BCUT2D eigenvalue weighted by molar-refractivity contribution is 5.85. The van der Waals surface area contributed by atoms with Crippen LogP contribution < -0.4 is 0 Å². The van der Waals surface area contributed by atoms with Gasteiger partial charge in [0, 0.05) is 0 Å². The SMILES string of the molecule is C=CCOCC(=O)C(O)c1ccccc1. The predicted molar refractivity (Wildman–Crippen MR) is 57.4 cm³/mol. The number of carbonyl (C=O) groups is 1. The molecule has 3 heteroatoms. The number of rotatable bonds is 6. The minimum absolute atomic E-state index is 0.0952. The van der Waals surface area contributed by atoms with Crippen LogP contribution in [0.2, 0.25) is 0 Å². The van der Waals surface area contributed by atoms with Gasteiger partial charge in [0.1, 0.15) is 12.7 Å². The maximum absolute atomic E-state index is 11.4. The fourth-order valence-electron chi connectivity index (χ4n) is 1.14. The van der Waals surface area contributed by atoms with Crippen LogP contribution in [0.1, 0.15) is 11.7 Å². The van der Waals surface area contributed by atoms with E-state index in [0.29, 0.717) is 12.2 Å². The van der Waals surface area contributed by atoms with Crippen molar-refractivity contribution < 1.29 is 14.6 Å². The molecule has 1 N–H and O–H groups in total. The molecule has 0 spiro atoms. The lowest BCUT2D eigenvalue weighted by Crippen LogP contribution is -2.17. The molecule has 1 aromatic rings. The van der Waals surface area contributed by atoms with E-state index in [-0.39, 0.29) is 12.4 Å². The average molecular weight is 206 g/mol. The van der Waals surface area contributed by atoms with Crippen molar-refractivity contribution in [3.8, 4) is 0 Å². The molecular weight excluding hydrogens is 192 g/mol. The zero-order valence-electron chi connectivity index (χ0n) is 8.43. The summed E-state index contributed by atoms with van der Waals surface area (Å²) >= 11 is 0. The fourth-order valence-corrected chi connectivity index (χ4v) is 1.14. The molecule has 0 aliphatic carbocycles. The van der Waals surface area contributed by atoms with Crippen LogP contribution in [-0.4, -0.2) is 24.1 Å². The molecule has 1 atom stereocenters. The topological polar surface area (TPSA) is 46.5 Å². The molecule has 1 unspecified atom stereocenters. The standard InChI is InChI=1S/C12H14O3/c1-2-8-15-9-11(13)12(14)10-6-4-3-5-7-10/h2-7,12,14H,1,8-9H2. The Bertz CT molecular complexity index is 319. The summed E-state index contributed by atoms with van der Waals surface area (Å²) in [4.78, 5) is 11.4. The molecular formula is C12H14O3. The molecule has 0 saturated carbocycles. The Morgan fingerprint density at radius 1 is 1.47 bits per heavy atom. The summed E-state index contributed by atoms with van der Waals surface area (Å²) in [6, 6.07) is 8.79. The number of benzene rings is 1. The van der Waals surface area contributed by atoms with Crippen LogP contribution in [0.4, 0.5) is 0 Å². The zero-order chi connectivity index (χ0) is 11.1. The van der Waals surface area contributed by atoms with Gasteiger partial charge in [-0.2, -0.15) is 0 Å². The first kappa shape index (κ1) is 11.6. The number of hydrogen-bond acceptors (Lipinski definition) is 3. The van der Waals surface area contributed by atoms with Crippen molar-refractivity contribution in [2.45, 2.75) is 6.10 Å². The van der Waals surface area contributed by atoms with Gasteiger partial charge in [-0.1, -0.05) is 36.4 Å². The van der Waals surface area contributed by atoms with Gasteiger partial charge in [-0.05, 0) is 5.56 Å². The van der Waals surface area contributed by atoms with E-state index < -0.39 is 6.10 Å². The highest BCUT2D eigenvalue weighted by Gasteiger charge is 2.16. The van der Waals surface area contributed by atoms with Crippen LogP contribution in [0, 0.1) is 0 Å². The second-order valence-corrected chi connectivity index (χ2v) is 3.08. The van der Waals surface area contributed by atoms with Crippen LogP contribution in [0.3, 0.4) is 0 Å². The number of ether oxygens (including phenoxy) is 1. The van der Waals surface area contributed by atoms with Crippen molar-refractivity contribution in [1.82, 2.24) is 0 Å². The lowest BCUT2D eigenvalue weighted by atomic mass is 10.1. The fraction of sp³-hybridized carbons (Fsp3) is 0.250. The second kappa shape index (κ2) is 6.11. The summed E-state index contributed by atoms with van der Waals surface area (Å²) in [5.41, 5.74) is 0.588. The van der Waals surface area contributed by atoms with Gasteiger partial charge in [0.05, 0.1) is 6.61 Å². The molecule has 0 fully saturated rings. The minimum Gasteiger partial charge on any atom is -0.380 e. The van der Waals surface area contributed by atoms with Crippen molar-refractivity contribution in [3.05, 3.63) is 48.6 Å². The summed E-state index contributed by atoms with van der Waals surface area (Å²) in [6.45, 7) is 3.68. The van der Waals surface area contributed by atoms with Gasteiger partial charge in [-0.25, -0.2) is 0 Å². The molecule has 0 aliphatic heterocycles. The third-order valence-corrected chi connectivity index (χ3v) is 1.90. The minimum atomic E-state index is -1.10. The van der Waals surface area contributed by atoms with Gasteiger partial charge in [0.2, 0.25) is 0 Å². The highest BCUT2D eigenvalue weighted by atomic mass is 16.5. The Hall–Kier alpha value is -1.45. The van der Waals surface area contributed by atoms with E-state index >= 15 is 0 Å². The van der Waals surface area contributed by atoms with Crippen molar-refractivity contribution in [3.63, 3.8) is 0 Å². The molecule has 0 bridgehead atoms. The maximum atomic E-state index is 11.4. The Kier molecular flexibility index (Phi) is 4.74. The van der Waals surface area contributed by atoms with E-state index in [4.69, 9.17) is 4.74 Å². The molecule has 0 aliphatic rings. The second-order valence-electron chi connectivity index (χ2n) is 3.08. The number of hydrogen-bond donors (Lipinski definition) is 1. The van der Waals surface area contributed by atoms with Gasteiger partial charge >= 0.3 is 0 Å². The lowest BCUT2D eigenvalue weighted by molar-refractivity contribution is -0.131. The monoisotopic (exact) mass is 206 g/mol. The van der Waals surface area contributed by atoms with Crippen LogP contribution in [0.15, 0.2) is 43.0 Å². The Labute approximate surface area is 89.0 Å². The smallest absolute Gasteiger partial charge is 0.191 e. The molecule has 0 saturated heterocycles. The molecule has 80 valence electrons. The van der Waals surface area contributed by atoms with E-state index in [0.717, 1.165) is 0 Å². The van der Waals surface area contributed by atoms with Crippen LogP contribution in [0.25, 0.3) is 0 Å². The summed E-state index contributed by atoms with van der Waals surface area (Å²) in [5, 5.41) is 9.63. The Morgan fingerprint density at radius 3 is 2.73 bits per heavy atom. The third-order valence-electron chi connectivity index (χ3n) is 1.90. The predicted octanol–water partition coefficient (Wildman–Crippen LogP) is 1.49. The molecule has 15 heavy (non-hydrogen) atoms. The van der Waals surface area contributed by atoms with Gasteiger partial charge in [-0.3, -0.25) is 4.79 Å². The molecule has 3 nitrogen and oxygen atoms in total. The van der Waals surface area contributed by atoms with Crippen molar-refractivity contribution in [2.75, 3.05) is 13.2 Å². The lowest BCUT2D eigenvalue weighted by Gasteiger charge is -2.09. The molecule has 0 amide bonds. The number of aliphatic hydroxyl groups excluding tert-OH is 1. The highest BCUT2D eigenvalue weighted by Crippen LogP contribution is 2.12. The average Bonchev–Trinajstić information content (AvgIpc) is 2.29. The van der Waals surface area contributed by atoms with Crippen molar-refractivity contribution in [2.24, 2.45) is 0 Å². The van der Waals surface area contributed by atoms with Crippen molar-refractivity contribution >= 4 is 5.78 Å². The molecule has 0 radical (unpaired) electrons. The van der Waals surface area contributed by atoms with Crippen LogP contribution >= 0.6 is 0 Å². The number of Topliss-reactive ketones (excluding diaryl/α,β-unsaturated/α-hetero) is 1. The number of ketones is 1. The molecule has 0 aromatic heterocycles. The summed E-state index contributed by atoms with van der Waals surface area (Å²) < 4.78 is 4.96. The zero-order valence-corrected chi connectivity index (χ0v) is 8.43. The van der Waals surface area contributed by atoms with Crippen molar-refractivity contribution in [1.29, 1.82) is 0 Å². The summed E-state index contributed by atoms with van der Waals surface area (Å²) in [7, 11) is 0. The van der Waals surface area contributed by atoms with E-state index in [1.54, 1.807) is 30.3 Å². The van der Waals surface area contributed by atoms with E-state index in [2.05, 4.69) is 6.58 Å². The van der Waals surface area contributed by atoms with Gasteiger partial charge < -0.3 is 9.84 Å². The third kappa shape index (κ3) is 3.65. The van der Waals surface area contributed by atoms with E-state index in [1.807, 2.05) is 6.07 Å². The van der Waals surface area contributed by atoms with Crippen LogP contribution in [0.5, 0.6) is 0 Å². The Balaban J connectivity index is 2.50. The molecule has 0 heterocycles. The van der Waals surface area contributed by atoms with E-state index in [1.165, 1.54) is 0 Å². The summed E-state index contributed by atoms with van der Waals surface area (Å²) in [5.74, 6) is -0.344. The van der Waals surface area contributed by atoms with Crippen LogP contribution in [-0.2, 0) is 9.53 Å². The first-order valence-corrected chi connectivity index (χ1v) is 4.70. The number of carbonyl (C=O) groups excluding carboxylic acids is 1. The summed E-state index contributed by atoms with van der Waals surface area (Å²) in [6.07, 6.45) is 0.457. The van der Waals surface area contributed by atoms with Gasteiger partial charge in [0.25, 0.3) is 0 Å². The largest absolute Gasteiger partial charge is 0.380 e. The first-order chi connectivity index (χ1) is 7.25. The normalized spacial score (nSPS) is 12.1. The first-order valence-electron chi connectivity index (χ1n) is 4.70. The molecule has 1 rings (SSSR count). The maximum Gasteiger partial charge on any atom is 0.191 e. The van der Waals surface area contributed by atoms with Gasteiger partial charge in [0.15, 0.2) is 5.78 Å². The van der Waals surface area contributed by atoms with E-state index in [9.17, 15) is 9.90 Å².